The zero-order chi connectivity index (χ0) is 21.6. The molecule has 2 saturated heterocycles. The van der Waals surface area contributed by atoms with Crippen LogP contribution < -0.4 is 5.56 Å². The topological polar surface area (TPSA) is 67.7 Å². The van der Waals surface area contributed by atoms with E-state index >= 15 is 0 Å². The maximum atomic E-state index is 13.2. The molecule has 2 atom stereocenters. The molecule has 0 spiro atoms. The van der Waals surface area contributed by atoms with E-state index in [1.54, 1.807) is 24.1 Å². The predicted octanol–water partition coefficient (Wildman–Crippen LogP) is 2.53. The van der Waals surface area contributed by atoms with Crippen molar-refractivity contribution in [2.24, 2.45) is 5.92 Å². The zero-order valence-corrected chi connectivity index (χ0v) is 18.5. The van der Waals surface area contributed by atoms with Crippen molar-refractivity contribution in [3.8, 4) is 0 Å². The molecule has 0 bridgehead atoms. The normalized spacial score (nSPS) is 21.7. The van der Waals surface area contributed by atoms with Gasteiger partial charge < -0.3 is 14.5 Å². The number of para-hydroxylation sites is 1. The maximum Gasteiger partial charge on any atom is 0.261 e. The first kappa shape index (κ1) is 22.0. The lowest BCUT2D eigenvalue weighted by Gasteiger charge is -2.45. The van der Waals surface area contributed by atoms with Gasteiger partial charge in [-0.15, -0.1) is 0 Å². The SMILES string of the molecule is COCCN(C[C@H]1CCCN2CCCC[C@H]12)C(=O)CCn1cnc2ccccc2c1=O. The highest BCUT2D eigenvalue weighted by atomic mass is 16.5. The Kier molecular flexibility index (Phi) is 7.35. The van der Waals surface area contributed by atoms with Crippen LogP contribution in [-0.2, 0) is 16.1 Å². The van der Waals surface area contributed by atoms with Crippen LogP contribution in [0.15, 0.2) is 35.4 Å². The Morgan fingerprint density at radius 2 is 2.03 bits per heavy atom. The molecule has 3 heterocycles. The minimum Gasteiger partial charge on any atom is -0.383 e. The molecule has 4 rings (SSSR count). The molecule has 1 aromatic carbocycles. The van der Waals surface area contributed by atoms with Crippen molar-refractivity contribution >= 4 is 16.8 Å². The Morgan fingerprint density at radius 3 is 2.90 bits per heavy atom. The third-order valence-corrected chi connectivity index (χ3v) is 6.90. The van der Waals surface area contributed by atoms with Gasteiger partial charge in [0.1, 0.15) is 0 Å². The van der Waals surface area contributed by atoms with E-state index in [4.69, 9.17) is 4.74 Å². The molecule has 0 aliphatic carbocycles. The summed E-state index contributed by atoms with van der Waals surface area (Å²) in [7, 11) is 1.67. The standard InChI is InChI=1S/C24H34N4O3/c1-31-16-15-27(17-19-7-6-13-26-12-5-4-10-22(19)26)23(29)11-14-28-18-25-21-9-3-2-8-20(21)24(28)30/h2-3,8-9,18-19,22H,4-7,10-17H2,1H3/t19-,22-/m1/s1. The largest absolute Gasteiger partial charge is 0.383 e. The summed E-state index contributed by atoms with van der Waals surface area (Å²) in [5.74, 6) is 0.616. The minimum atomic E-state index is -0.0908. The predicted molar refractivity (Wildman–Crippen MR) is 121 cm³/mol. The molecule has 31 heavy (non-hydrogen) atoms. The van der Waals surface area contributed by atoms with E-state index in [2.05, 4.69) is 9.88 Å². The molecule has 1 amide bonds. The van der Waals surface area contributed by atoms with Crippen LogP contribution in [0.2, 0.25) is 0 Å². The summed E-state index contributed by atoms with van der Waals surface area (Å²) in [6.07, 6.45) is 8.08. The molecule has 2 fully saturated rings. The van der Waals surface area contributed by atoms with Gasteiger partial charge in [0.25, 0.3) is 5.56 Å². The fourth-order valence-corrected chi connectivity index (χ4v) is 5.23. The van der Waals surface area contributed by atoms with Gasteiger partial charge >= 0.3 is 0 Å². The van der Waals surface area contributed by atoms with Crippen LogP contribution in [0.3, 0.4) is 0 Å². The highest BCUT2D eigenvalue weighted by molar-refractivity contribution is 5.77. The van der Waals surface area contributed by atoms with E-state index in [-0.39, 0.29) is 11.5 Å². The molecule has 2 aliphatic rings. The number of hydrogen-bond donors (Lipinski definition) is 0. The Hall–Kier alpha value is -2.25. The van der Waals surface area contributed by atoms with Gasteiger partial charge in [-0.2, -0.15) is 0 Å². The molecule has 2 aromatic rings. The molecule has 0 N–H and O–H groups in total. The van der Waals surface area contributed by atoms with Crippen LogP contribution in [-0.4, -0.2) is 71.2 Å². The number of piperidine rings is 2. The summed E-state index contributed by atoms with van der Waals surface area (Å²) < 4.78 is 6.83. The van der Waals surface area contributed by atoms with Gasteiger partial charge in [0.05, 0.1) is 23.8 Å². The number of aromatic nitrogens is 2. The van der Waals surface area contributed by atoms with Crippen LogP contribution in [0, 0.1) is 5.92 Å². The number of carbonyl (C=O) groups is 1. The second-order valence-corrected chi connectivity index (χ2v) is 8.84. The first-order valence-electron chi connectivity index (χ1n) is 11.6. The first-order valence-corrected chi connectivity index (χ1v) is 11.6. The first-order chi connectivity index (χ1) is 15.2. The lowest BCUT2D eigenvalue weighted by molar-refractivity contribution is -0.133. The average Bonchev–Trinajstić information content (AvgIpc) is 2.81. The summed E-state index contributed by atoms with van der Waals surface area (Å²) in [6.45, 7) is 4.66. The van der Waals surface area contributed by atoms with Gasteiger partial charge in [0.15, 0.2) is 0 Å². The number of aryl methyl sites for hydroxylation is 1. The van der Waals surface area contributed by atoms with Crippen LogP contribution in [0.4, 0.5) is 0 Å². The van der Waals surface area contributed by atoms with Crippen molar-refractivity contribution in [3.05, 3.63) is 40.9 Å². The number of hydrogen-bond acceptors (Lipinski definition) is 5. The summed E-state index contributed by atoms with van der Waals surface area (Å²) in [5, 5.41) is 0.591. The molecule has 7 nitrogen and oxygen atoms in total. The third kappa shape index (κ3) is 5.15. The van der Waals surface area contributed by atoms with Crippen molar-refractivity contribution in [2.75, 3.05) is 39.9 Å². The molecule has 2 aliphatic heterocycles. The van der Waals surface area contributed by atoms with Crippen LogP contribution in [0.5, 0.6) is 0 Å². The number of fused-ring (bicyclic) bond motifs is 2. The van der Waals surface area contributed by atoms with Crippen molar-refractivity contribution < 1.29 is 9.53 Å². The van der Waals surface area contributed by atoms with Gasteiger partial charge in [-0.05, 0) is 56.8 Å². The van der Waals surface area contributed by atoms with Crippen LogP contribution >= 0.6 is 0 Å². The second-order valence-electron chi connectivity index (χ2n) is 8.84. The van der Waals surface area contributed by atoms with E-state index in [0.29, 0.717) is 49.0 Å². The van der Waals surface area contributed by atoms with Crippen molar-refractivity contribution in [2.45, 2.75) is 51.1 Å². The van der Waals surface area contributed by atoms with E-state index in [1.165, 1.54) is 45.2 Å². The maximum absolute atomic E-state index is 13.2. The number of methoxy groups -OCH3 is 1. The number of nitrogens with zero attached hydrogens (tertiary/aromatic N) is 4. The lowest BCUT2D eigenvalue weighted by atomic mass is 9.83. The van der Waals surface area contributed by atoms with Gasteiger partial charge in [-0.25, -0.2) is 4.98 Å². The van der Waals surface area contributed by atoms with Gasteiger partial charge in [0, 0.05) is 39.2 Å². The Balaban J connectivity index is 1.42. The van der Waals surface area contributed by atoms with Gasteiger partial charge in [0.2, 0.25) is 5.91 Å². The number of ether oxygens (including phenoxy) is 1. The Morgan fingerprint density at radius 1 is 1.19 bits per heavy atom. The third-order valence-electron chi connectivity index (χ3n) is 6.90. The van der Waals surface area contributed by atoms with Gasteiger partial charge in [-0.1, -0.05) is 18.6 Å². The Labute approximate surface area is 184 Å². The minimum absolute atomic E-state index is 0.0880. The number of rotatable bonds is 8. The number of amides is 1. The van der Waals surface area contributed by atoms with Crippen molar-refractivity contribution in [1.29, 1.82) is 0 Å². The molecular formula is C24H34N4O3. The molecule has 1 aromatic heterocycles. The lowest BCUT2D eigenvalue weighted by Crippen LogP contribution is -2.52. The van der Waals surface area contributed by atoms with E-state index < -0.39 is 0 Å². The fourth-order valence-electron chi connectivity index (χ4n) is 5.23. The van der Waals surface area contributed by atoms with E-state index in [9.17, 15) is 9.59 Å². The average molecular weight is 427 g/mol. The molecule has 0 radical (unpaired) electrons. The smallest absolute Gasteiger partial charge is 0.261 e. The molecule has 0 unspecified atom stereocenters. The summed E-state index contributed by atoms with van der Waals surface area (Å²) in [4.78, 5) is 34.8. The molecular weight excluding hydrogens is 392 g/mol. The Bertz CT molecular complexity index is 942. The van der Waals surface area contributed by atoms with Crippen LogP contribution in [0.25, 0.3) is 10.9 Å². The van der Waals surface area contributed by atoms with Crippen molar-refractivity contribution in [3.63, 3.8) is 0 Å². The zero-order valence-electron chi connectivity index (χ0n) is 18.5. The molecule has 0 saturated carbocycles. The van der Waals surface area contributed by atoms with Gasteiger partial charge in [-0.3, -0.25) is 14.2 Å². The van der Waals surface area contributed by atoms with Crippen molar-refractivity contribution in [1.82, 2.24) is 19.4 Å². The summed E-state index contributed by atoms with van der Waals surface area (Å²) in [6, 6.07) is 7.93. The monoisotopic (exact) mass is 426 g/mol. The highest BCUT2D eigenvalue weighted by Crippen LogP contribution is 2.31. The van der Waals surface area contributed by atoms with E-state index in [1.807, 2.05) is 23.1 Å². The molecule has 168 valence electrons. The summed E-state index contributed by atoms with van der Waals surface area (Å²) in [5.41, 5.74) is 0.595. The molecule has 7 heteroatoms. The number of benzene rings is 1. The number of carbonyl (C=O) groups excluding carboxylic acids is 1. The van der Waals surface area contributed by atoms with E-state index in [0.717, 1.165) is 6.54 Å². The quantitative estimate of drug-likeness (QED) is 0.649. The highest BCUT2D eigenvalue weighted by Gasteiger charge is 2.34. The fraction of sp³-hybridized carbons (Fsp3) is 0.625. The second kappa shape index (κ2) is 10.4. The summed E-state index contributed by atoms with van der Waals surface area (Å²) >= 11 is 0. The van der Waals surface area contributed by atoms with Crippen LogP contribution in [0.1, 0.15) is 38.5 Å².